The molecule has 2 aromatic carbocycles. The van der Waals surface area contributed by atoms with Crippen LogP contribution in [0.3, 0.4) is 0 Å². The molecule has 0 aliphatic carbocycles. The lowest BCUT2D eigenvalue weighted by Crippen LogP contribution is -2.34. The van der Waals surface area contributed by atoms with Crippen molar-refractivity contribution in [2.45, 2.75) is 12.5 Å². The van der Waals surface area contributed by atoms with Gasteiger partial charge in [-0.3, -0.25) is 9.59 Å². The number of hydrogen-bond acceptors (Lipinski definition) is 7. The number of Topliss-reactive ketones (excluding diaryl/α,β-unsaturated/α-hetero) is 1. The third kappa shape index (κ3) is 3.46. The molecule has 2 aliphatic heterocycles. The van der Waals surface area contributed by atoms with Crippen molar-refractivity contribution in [3.63, 3.8) is 0 Å². The third-order valence-electron chi connectivity index (χ3n) is 4.93. The van der Waals surface area contributed by atoms with E-state index in [0.717, 1.165) is 4.90 Å². The monoisotopic (exact) mass is 428 g/mol. The second kappa shape index (κ2) is 7.72. The molecule has 0 aromatic heterocycles. The minimum atomic E-state index is -1.36. The van der Waals surface area contributed by atoms with Crippen LogP contribution in [0.15, 0.2) is 48.0 Å². The summed E-state index contributed by atoms with van der Waals surface area (Å²) in [7, 11) is 0. The van der Waals surface area contributed by atoms with Gasteiger partial charge in [-0.2, -0.15) is 0 Å². The first-order chi connectivity index (χ1) is 14.4. The lowest BCUT2D eigenvalue weighted by Gasteiger charge is -2.25. The first-order valence-corrected chi connectivity index (χ1v) is 9.38. The molecular weight excluding hydrogens is 414 g/mol. The van der Waals surface area contributed by atoms with Crippen LogP contribution in [0.2, 0.25) is 5.02 Å². The predicted octanol–water partition coefficient (Wildman–Crippen LogP) is 1.63. The van der Waals surface area contributed by atoms with Crippen LogP contribution in [0, 0.1) is 0 Å². The zero-order chi connectivity index (χ0) is 21.4. The molecule has 30 heavy (non-hydrogen) atoms. The number of aliphatic hydroxyl groups excluding tert-OH is 1. The number of carboxylic acids is 1. The van der Waals surface area contributed by atoms with E-state index in [1.54, 1.807) is 30.3 Å². The number of aliphatic hydroxyl groups is 1. The SMILES string of the molecule is O=C([O-])CCN1C(=O)C(=O)C(=C(O)c2ccc(Cl)cc2)[C@H]1c1ccc2c(c1)OCO2. The summed E-state index contributed by atoms with van der Waals surface area (Å²) in [6.07, 6.45) is -0.463. The standard InChI is InChI=1S/C21H16ClNO7/c22-13-4-1-11(2-5-13)19(26)17-18(12-3-6-14-15(9-12)30-10-29-14)23(8-7-16(24)25)21(28)20(17)27/h1-6,9,18,26H,7-8,10H2,(H,24,25)/p-1/t18-/m1/s1. The van der Waals surface area contributed by atoms with Crippen LogP contribution < -0.4 is 14.6 Å². The fourth-order valence-corrected chi connectivity index (χ4v) is 3.64. The van der Waals surface area contributed by atoms with Gasteiger partial charge in [0, 0.05) is 29.5 Å². The van der Waals surface area contributed by atoms with Crippen LogP contribution >= 0.6 is 11.6 Å². The maximum absolute atomic E-state index is 12.8. The van der Waals surface area contributed by atoms with Gasteiger partial charge in [0.05, 0.1) is 11.6 Å². The Labute approximate surface area is 175 Å². The maximum Gasteiger partial charge on any atom is 0.295 e. The highest BCUT2D eigenvalue weighted by atomic mass is 35.5. The Bertz CT molecular complexity index is 1080. The molecule has 4 rings (SSSR count). The predicted molar refractivity (Wildman–Crippen MR) is 103 cm³/mol. The molecule has 2 aromatic rings. The second-order valence-corrected chi connectivity index (χ2v) is 7.17. The Balaban J connectivity index is 1.84. The number of ether oxygens (including phenoxy) is 2. The number of likely N-dealkylation sites (tertiary alicyclic amines) is 1. The van der Waals surface area contributed by atoms with Gasteiger partial charge in [-0.15, -0.1) is 0 Å². The van der Waals surface area contributed by atoms with Crippen LogP contribution in [-0.4, -0.2) is 41.0 Å². The number of ketones is 1. The maximum atomic E-state index is 12.8. The zero-order valence-corrected chi connectivity index (χ0v) is 16.2. The average molecular weight is 429 g/mol. The molecule has 0 spiro atoms. The van der Waals surface area contributed by atoms with Crippen molar-refractivity contribution in [2.75, 3.05) is 13.3 Å². The van der Waals surface area contributed by atoms with Gasteiger partial charge >= 0.3 is 0 Å². The molecule has 0 saturated carbocycles. The highest BCUT2D eigenvalue weighted by Crippen LogP contribution is 2.43. The molecule has 9 heteroatoms. The number of aliphatic carboxylic acids is 1. The quantitative estimate of drug-likeness (QED) is 0.437. The molecule has 0 radical (unpaired) electrons. The lowest BCUT2D eigenvalue weighted by atomic mass is 9.95. The number of benzene rings is 2. The Morgan fingerprint density at radius 1 is 1.13 bits per heavy atom. The third-order valence-corrected chi connectivity index (χ3v) is 5.18. The molecule has 1 fully saturated rings. The largest absolute Gasteiger partial charge is 0.550 e. The van der Waals surface area contributed by atoms with Crippen molar-refractivity contribution < 1.29 is 34.1 Å². The summed E-state index contributed by atoms with van der Waals surface area (Å²) < 4.78 is 10.7. The number of nitrogens with zero attached hydrogens (tertiary/aromatic N) is 1. The highest BCUT2D eigenvalue weighted by Gasteiger charge is 2.46. The summed E-state index contributed by atoms with van der Waals surface area (Å²) >= 11 is 5.89. The summed E-state index contributed by atoms with van der Waals surface area (Å²) in [5.41, 5.74) is 0.606. The number of carbonyl (C=O) groups excluding carboxylic acids is 3. The Hall–Kier alpha value is -3.52. The van der Waals surface area contributed by atoms with Crippen LogP contribution in [0.1, 0.15) is 23.6 Å². The molecule has 0 unspecified atom stereocenters. The molecule has 0 bridgehead atoms. The minimum Gasteiger partial charge on any atom is -0.550 e. The highest BCUT2D eigenvalue weighted by molar-refractivity contribution is 6.46. The minimum absolute atomic E-state index is 0.0361. The number of carbonyl (C=O) groups is 3. The lowest BCUT2D eigenvalue weighted by molar-refractivity contribution is -0.305. The van der Waals surface area contributed by atoms with E-state index < -0.39 is 30.1 Å². The number of amides is 1. The normalized spacial score (nSPS) is 19.4. The van der Waals surface area contributed by atoms with Gasteiger partial charge in [-0.05, 0) is 42.0 Å². The first-order valence-electron chi connectivity index (χ1n) is 9.00. The van der Waals surface area contributed by atoms with Gasteiger partial charge in [0.15, 0.2) is 11.5 Å². The molecule has 1 saturated heterocycles. The summed E-state index contributed by atoms with van der Waals surface area (Å²) in [5.74, 6) is -2.65. The Kier molecular flexibility index (Phi) is 5.09. The smallest absolute Gasteiger partial charge is 0.295 e. The van der Waals surface area contributed by atoms with E-state index in [1.807, 2.05) is 0 Å². The number of fused-ring (bicyclic) bond motifs is 1. The van der Waals surface area contributed by atoms with Crippen molar-refractivity contribution in [3.05, 3.63) is 64.2 Å². The fourth-order valence-electron chi connectivity index (χ4n) is 3.52. The van der Waals surface area contributed by atoms with Gasteiger partial charge < -0.3 is 29.4 Å². The number of hydrogen-bond donors (Lipinski definition) is 1. The summed E-state index contributed by atoms with van der Waals surface area (Å²) in [5, 5.41) is 22.3. The topological polar surface area (TPSA) is 116 Å². The van der Waals surface area contributed by atoms with Crippen molar-refractivity contribution in [3.8, 4) is 11.5 Å². The van der Waals surface area contributed by atoms with Gasteiger partial charge in [0.2, 0.25) is 6.79 Å². The van der Waals surface area contributed by atoms with E-state index in [1.165, 1.54) is 12.1 Å². The fraction of sp³-hybridized carbons (Fsp3) is 0.190. The number of carboxylic acid groups (broad SMARTS) is 1. The Morgan fingerprint density at radius 3 is 2.53 bits per heavy atom. The van der Waals surface area contributed by atoms with E-state index in [2.05, 4.69) is 0 Å². The van der Waals surface area contributed by atoms with Crippen LogP contribution in [0.5, 0.6) is 11.5 Å². The summed E-state index contributed by atoms with van der Waals surface area (Å²) in [6, 6.07) is 9.96. The summed E-state index contributed by atoms with van der Waals surface area (Å²) in [4.78, 5) is 37.6. The molecule has 2 heterocycles. The van der Waals surface area contributed by atoms with Crippen LogP contribution in [-0.2, 0) is 14.4 Å². The van der Waals surface area contributed by atoms with Crippen molar-refractivity contribution in [1.29, 1.82) is 0 Å². The molecule has 2 aliphatic rings. The first kappa shape index (κ1) is 19.8. The molecule has 154 valence electrons. The van der Waals surface area contributed by atoms with Gasteiger partial charge in [0.25, 0.3) is 11.7 Å². The molecule has 1 N–H and O–H groups in total. The van der Waals surface area contributed by atoms with E-state index in [-0.39, 0.29) is 24.7 Å². The van der Waals surface area contributed by atoms with Gasteiger partial charge in [-0.1, -0.05) is 17.7 Å². The van der Waals surface area contributed by atoms with Crippen LogP contribution in [0.25, 0.3) is 5.76 Å². The van der Waals surface area contributed by atoms with Crippen molar-refractivity contribution in [2.24, 2.45) is 0 Å². The number of rotatable bonds is 5. The van der Waals surface area contributed by atoms with E-state index in [9.17, 15) is 24.6 Å². The molecular formula is C21H15ClNO7-. The van der Waals surface area contributed by atoms with E-state index in [0.29, 0.717) is 27.6 Å². The van der Waals surface area contributed by atoms with Crippen molar-refractivity contribution >= 4 is 35.0 Å². The Morgan fingerprint density at radius 2 is 1.83 bits per heavy atom. The second-order valence-electron chi connectivity index (χ2n) is 6.73. The molecule has 1 atom stereocenters. The zero-order valence-electron chi connectivity index (χ0n) is 15.5. The number of halogens is 1. The van der Waals surface area contributed by atoms with Gasteiger partial charge in [-0.25, -0.2) is 0 Å². The van der Waals surface area contributed by atoms with Crippen molar-refractivity contribution in [1.82, 2.24) is 4.90 Å². The molecule has 8 nitrogen and oxygen atoms in total. The van der Waals surface area contributed by atoms with Crippen LogP contribution in [0.4, 0.5) is 0 Å². The van der Waals surface area contributed by atoms with E-state index >= 15 is 0 Å². The van der Waals surface area contributed by atoms with Gasteiger partial charge in [0.1, 0.15) is 5.76 Å². The van der Waals surface area contributed by atoms with E-state index in [4.69, 9.17) is 21.1 Å². The molecule has 1 amide bonds. The summed E-state index contributed by atoms with van der Waals surface area (Å²) in [6.45, 7) is -0.224. The average Bonchev–Trinajstić information content (AvgIpc) is 3.29.